The summed E-state index contributed by atoms with van der Waals surface area (Å²) in [4.78, 5) is 47.9. The molecule has 2 aliphatic heterocycles. The number of likely N-dealkylation sites (tertiary alicyclic amines) is 1. The second kappa shape index (κ2) is 15.0. The normalized spacial score (nSPS) is 17.7. The van der Waals surface area contributed by atoms with E-state index in [1.807, 2.05) is 53.4 Å². The molecule has 2 heterocycles. The summed E-state index contributed by atoms with van der Waals surface area (Å²) in [7, 11) is 1.43. The number of carbonyl (C=O) groups is 3. The van der Waals surface area contributed by atoms with Gasteiger partial charge in [0.15, 0.2) is 0 Å². The number of ether oxygens (including phenoxy) is 1. The van der Waals surface area contributed by atoms with E-state index < -0.39 is 0 Å². The molecule has 46 heavy (non-hydrogen) atoms. The molecule has 9 nitrogen and oxygen atoms in total. The van der Waals surface area contributed by atoms with Crippen molar-refractivity contribution in [3.63, 3.8) is 0 Å². The Morgan fingerprint density at radius 3 is 2.37 bits per heavy atom. The van der Waals surface area contributed by atoms with Gasteiger partial charge < -0.3 is 20.7 Å². The van der Waals surface area contributed by atoms with E-state index in [1.165, 1.54) is 12.7 Å². The second-order valence-electron chi connectivity index (χ2n) is 12.0. The monoisotopic (exact) mass is 621 g/mol. The Morgan fingerprint density at radius 2 is 1.70 bits per heavy atom. The van der Waals surface area contributed by atoms with Crippen LogP contribution in [0.15, 0.2) is 83.4 Å². The zero-order chi connectivity index (χ0) is 32.6. The van der Waals surface area contributed by atoms with Crippen LogP contribution in [-0.4, -0.2) is 66.7 Å². The highest BCUT2D eigenvalue weighted by Gasteiger charge is 2.39. The number of benzene rings is 3. The average Bonchev–Trinajstić information content (AvgIpc) is 3.40. The van der Waals surface area contributed by atoms with Crippen LogP contribution >= 0.6 is 0 Å². The number of carbonyl (C=O) groups excluding carboxylic acids is 3. The summed E-state index contributed by atoms with van der Waals surface area (Å²) in [6.07, 6.45) is 3.85. The van der Waals surface area contributed by atoms with Crippen molar-refractivity contribution in [1.82, 2.24) is 9.80 Å². The van der Waals surface area contributed by atoms with Crippen LogP contribution < -0.4 is 11.1 Å². The SMILES string of the molecule is CCCN(CCC)C(=O)C1=Cc2ccc(C(=O)Nc3ccc([C@@H]4CN(Cc5ccccc5)CC4C(=O)OC)cc3)cc2N=C(N)C1. The first-order valence-electron chi connectivity index (χ1n) is 16.0. The maximum absolute atomic E-state index is 13.3. The van der Waals surface area contributed by atoms with E-state index in [-0.39, 0.29) is 36.0 Å². The summed E-state index contributed by atoms with van der Waals surface area (Å²) in [6, 6.07) is 23.1. The molecule has 1 unspecified atom stereocenters. The van der Waals surface area contributed by atoms with Crippen molar-refractivity contribution in [3.05, 3.63) is 101 Å². The number of nitrogens with zero attached hydrogens (tertiary/aromatic N) is 3. The van der Waals surface area contributed by atoms with Gasteiger partial charge >= 0.3 is 5.97 Å². The van der Waals surface area contributed by atoms with Crippen LogP contribution in [0.3, 0.4) is 0 Å². The fraction of sp³-hybridized carbons (Fsp3) is 0.351. The third-order valence-electron chi connectivity index (χ3n) is 8.55. The van der Waals surface area contributed by atoms with Crippen molar-refractivity contribution in [2.24, 2.45) is 16.6 Å². The van der Waals surface area contributed by atoms with E-state index in [4.69, 9.17) is 10.5 Å². The molecule has 0 saturated carbocycles. The van der Waals surface area contributed by atoms with Gasteiger partial charge in [-0.2, -0.15) is 0 Å². The zero-order valence-corrected chi connectivity index (χ0v) is 26.9. The van der Waals surface area contributed by atoms with Crippen LogP contribution in [0.2, 0.25) is 0 Å². The number of fused-ring (bicyclic) bond motifs is 1. The van der Waals surface area contributed by atoms with Gasteiger partial charge in [-0.3, -0.25) is 19.3 Å². The van der Waals surface area contributed by atoms with Crippen LogP contribution in [0.5, 0.6) is 0 Å². The number of hydrogen-bond donors (Lipinski definition) is 2. The summed E-state index contributed by atoms with van der Waals surface area (Å²) in [5, 5.41) is 2.97. The van der Waals surface area contributed by atoms with Gasteiger partial charge in [0, 0.05) is 67.4 Å². The van der Waals surface area contributed by atoms with Crippen molar-refractivity contribution < 1.29 is 19.1 Å². The molecule has 0 aromatic heterocycles. The van der Waals surface area contributed by atoms with Gasteiger partial charge in [-0.05, 0) is 54.3 Å². The van der Waals surface area contributed by atoms with Crippen LogP contribution in [0.1, 0.15) is 66.1 Å². The quantitative estimate of drug-likeness (QED) is 0.263. The lowest BCUT2D eigenvalue weighted by Gasteiger charge is -2.22. The van der Waals surface area contributed by atoms with Crippen molar-refractivity contribution >= 4 is 41.1 Å². The first-order chi connectivity index (χ1) is 22.3. The van der Waals surface area contributed by atoms with E-state index in [0.29, 0.717) is 48.0 Å². The van der Waals surface area contributed by atoms with Crippen molar-refractivity contribution in [3.8, 4) is 0 Å². The highest BCUT2D eigenvalue weighted by Crippen LogP contribution is 2.35. The second-order valence-corrected chi connectivity index (χ2v) is 12.0. The van der Waals surface area contributed by atoms with Gasteiger partial charge in [0.2, 0.25) is 5.91 Å². The fourth-order valence-corrected chi connectivity index (χ4v) is 6.33. The molecule has 5 rings (SSSR count). The molecule has 3 N–H and O–H groups in total. The summed E-state index contributed by atoms with van der Waals surface area (Å²) < 4.78 is 5.15. The Labute approximate surface area is 271 Å². The summed E-state index contributed by atoms with van der Waals surface area (Å²) in [5.74, 6) is -0.482. The summed E-state index contributed by atoms with van der Waals surface area (Å²) in [5.41, 5.74) is 11.4. The molecular weight excluding hydrogens is 578 g/mol. The summed E-state index contributed by atoms with van der Waals surface area (Å²) >= 11 is 0. The maximum Gasteiger partial charge on any atom is 0.310 e. The summed E-state index contributed by atoms with van der Waals surface area (Å²) in [6.45, 7) is 7.60. The predicted octanol–water partition coefficient (Wildman–Crippen LogP) is 5.75. The van der Waals surface area contributed by atoms with Gasteiger partial charge in [0.1, 0.15) is 5.84 Å². The van der Waals surface area contributed by atoms with Gasteiger partial charge in [-0.1, -0.05) is 62.4 Å². The van der Waals surface area contributed by atoms with E-state index >= 15 is 0 Å². The minimum absolute atomic E-state index is 0.0188. The highest BCUT2D eigenvalue weighted by molar-refractivity contribution is 6.08. The third-order valence-corrected chi connectivity index (χ3v) is 8.55. The van der Waals surface area contributed by atoms with E-state index in [0.717, 1.165) is 37.1 Å². The minimum Gasteiger partial charge on any atom is -0.469 e. The fourth-order valence-electron chi connectivity index (χ4n) is 6.33. The number of hydrogen-bond acceptors (Lipinski definition) is 7. The number of rotatable bonds is 11. The molecule has 2 aliphatic rings. The number of amides is 2. The molecule has 2 amide bonds. The van der Waals surface area contributed by atoms with Gasteiger partial charge in [-0.15, -0.1) is 0 Å². The largest absolute Gasteiger partial charge is 0.469 e. The lowest BCUT2D eigenvalue weighted by atomic mass is 9.89. The molecule has 0 radical (unpaired) electrons. The molecule has 0 aliphatic carbocycles. The molecule has 9 heteroatoms. The molecule has 0 bridgehead atoms. The van der Waals surface area contributed by atoms with Crippen LogP contribution in [0.4, 0.5) is 11.4 Å². The van der Waals surface area contributed by atoms with Crippen LogP contribution in [-0.2, 0) is 20.9 Å². The third kappa shape index (κ3) is 7.72. The lowest BCUT2D eigenvalue weighted by molar-refractivity contribution is -0.145. The first-order valence-corrected chi connectivity index (χ1v) is 16.0. The predicted molar refractivity (Wildman–Crippen MR) is 182 cm³/mol. The number of anilines is 1. The van der Waals surface area contributed by atoms with Gasteiger partial charge in [0.05, 0.1) is 18.7 Å². The Balaban J connectivity index is 1.28. The number of nitrogens with two attached hydrogens (primary N) is 1. The van der Waals surface area contributed by atoms with E-state index in [1.54, 1.807) is 18.2 Å². The Morgan fingerprint density at radius 1 is 0.978 bits per heavy atom. The topological polar surface area (TPSA) is 117 Å². The maximum atomic E-state index is 13.3. The standard InChI is InChI=1S/C37H43N5O4/c1-4-17-42(18-5-2)36(44)29-19-27-11-12-28(20-33(27)40-34(38)21-29)35(43)39-30-15-13-26(14-16-30)31-23-41(24-32(31)37(45)46-3)22-25-9-7-6-8-10-25/h6-16,19-20,31-32H,4-5,17-18,21-24H2,1-3H3,(H2,38,40)(H,39,43)/t31-,32?/m0/s1. The molecule has 1 fully saturated rings. The first kappa shape index (κ1) is 32.6. The lowest BCUT2D eigenvalue weighted by Crippen LogP contribution is -2.34. The number of aliphatic imine (C=N–C) groups is 1. The average molecular weight is 622 g/mol. The van der Waals surface area contributed by atoms with Crippen molar-refractivity contribution in [2.45, 2.75) is 45.6 Å². The number of amidine groups is 1. The van der Waals surface area contributed by atoms with Crippen molar-refractivity contribution in [2.75, 3.05) is 38.6 Å². The van der Waals surface area contributed by atoms with Crippen LogP contribution in [0, 0.1) is 5.92 Å². The molecular formula is C37H43N5O4. The van der Waals surface area contributed by atoms with Gasteiger partial charge in [0.25, 0.3) is 5.91 Å². The van der Waals surface area contributed by atoms with Crippen LogP contribution in [0.25, 0.3) is 6.08 Å². The Bertz CT molecular complexity index is 1610. The number of methoxy groups -OCH3 is 1. The molecule has 0 spiro atoms. The highest BCUT2D eigenvalue weighted by atomic mass is 16.5. The Hall–Kier alpha value is -4.76. The molecule has 3 aromatic rings. The molecule has 2 atom stereocenters. The zero-order valence-electron chi connectivity index (χ0n) is 26.9. The smallest absolute Gasteiger partial charge is 0.310 e. The molecule has 240 valence electrons. The van der Waals surface area contributed by atoms with Gasteiger partial charge in [-0.25, -0.2) is 4.99 Å². The van der Waals surface area contributed by atoms with Crippen molar-refractivity contribution in [1.29, 1.82) is 0 Å². The minimum atomic E-state index is -0.284. The molecule has 3 aromatic carbocycles. The molecule has 1 saturated heterocycles. The number of esters is 1. The number of nitrogens with one attached hydrogen (secondary N) is 1. The van der Waals surface area contributed by atoms with E-state index in [9.17, 15) is 14.4 Å². The van der Waals surface area contributed by atoms with E-state index in [2.05, 4.69) is 41.2 Å². The Kier molecular flexibility index (Phi) is 10.6.